The fourth-order valence-corrected chi connectivity index (χ4v) is 2.85. The van der Waals surface area contributed by atoms with Gasteiger partial charge in [0.25, 0.3) is 0 Å². The fraction of sp³-hybridized carbons (Fsp3) is 0.476. The van der Waals surface area contributed by atoms with Crippen molar-refractivity contribution in [2.75, 3.05) is 23.3 Å². The topological polar surface area (TPSA) is 110 Å². The van der Waals surface area contributed by atoms with Gasteiger partial charge in [0.05, 0.1) is 4.92 Å². The van der Waals surface area contributed by atoms with Crippen LogP contribution in [0, 0.1) is 10.1 Å². The van der Waals surface area contributed by atoms with E-state index in [1.165, 1.54) is 0 Å². The summed E-state index contributed by atoms with van der Waals surface area (Å²) < 4.78 is 5.54. The van der Waals surface area contributed by atoms with Crippen molar-refractivity contribution in [2.24, 2.45) is 0 Å². The van der Waals surface area contributed by atoms with Gasteiger partial charge < -0.3 is 15.0 Å². The summed E-state index contributed by atoms with van der Waals surface area (Å²) in [4.78, 5) is 34.2. The number of rotatable bonds is 9. The van der Waals surface area contributed by atoms with E-state index in [-0.39, 0.29) is 17.9 Å². The van der Waals surface area contributed by atoms with Gasteiger partial charge in [-0.1, -0.05) is 30.3 Å². The molecule has 0 spiro atoms. The van der Waals surface area contributed by atoms with Crippen molar-refractivity contribution in [3.05, 3.63) is 52.2 Å². The second-order valence-corrected chi connectivity index (χ2v) is 7.75. The third-order valence-corrected chi connectivity index (χ3v) is 4.28. The lowest BCUT2D eigenvalue weighted by Gasteiger charge is -2.25. The number of nitrogens with zero attached hydrogens (tertiary/aromatic N) is 4. The molecule has 1 atom stereocenters. The maximum absolute atomic E-state index is 12.9. The van der Waals surface area contributed by atoms with Crippen LogP contribution >= 0.6 is 0 Å². The predicted octanol–water partition coefficient (Wildman–Crippen LogP) is 3.60. The first-order chi connectivity index (χ1) is 14.1. The zero-order chi connectivity index (χ0) is 22.3. The SMILES string of the molecule is CCN(CC)c1ncc([N+](=O)[O-])c(N[C@@H](Cc2ccccc2)C(=O)OC(C)(C)C)n1. The van der Waals surface area contributed by atoms with Crippen LogP contribution in [0.25, 0.3) is 0 Å². The van der Waals surface area contributed by atoms with Crippen LogP contribution in [0.2, 0.25) is 0 Å². The zero-order valence-corrected chi connectivity index (χ0v) is 18.1. The molecule has 0 fully saturated rings. The molecular formula is C21H29N5O4. The summed E-state index contributed by atoms with van der Waals surface area (Å²) in [5.74, 6) is -0.164. The Labute approximate surface area is 176 Å². The Morgan fingerprint density at radius 2 is 1.87 bits per heavy atom. The number of hydrogen-bond donors (Lipinski definition) is 1. The van der Waals surface area contributed by atoms with Crippen LogP contribution in [-0.2, 0) is 16.0 Å². The van der Waals surface area contributed by atoms with E-state index in [1.807, 2.05) is 49.1 Å². The van der Waals surface area contributed by atoms with E-state index in [0.29, 0.717) is 19.0 Å². The molecule has 0 bridgehead atoms. The average molecular weight is 415 g/mol. The molecule has 2 rings (SSSR count). The van der Waals surface area contributed by atoms with Crippen molar-refractivity contribution in [3.8, 4) is 0 Å². The predicted molar refractivity (Wildman–Crippen MR) is 116 cm³/mol. The Bertz CT molecular complexity index is 863. The third kappa shape index (κ3) is 6.40. The number of benzene rings is 1. The van der Waals surface area contributed by atoms with E-state index in [4.69, 9.17) is 4.74 Å². The first-order valence-electron chi connectivity index (χ1n) is 9.94. The lowest BCUT2D eigenvalue weighted by Crippen LogP contribution is -2.38. The molecule has 30 heavy (non-hydrogen) atoms. The minimum atomic E-state index is -0.857. The van der Waals surface area contributed by atoms with E-state index in [1.54, 1.807) is 20.8 Å². The minimum absolute atomic E-state index is 0.0105. The Morgan fingerprint density at radius 3 is 2.40 bits per heavy atom. The first-order valence-corrected chi connectivity index (χ1v) is 9.94. The highest BCUT2D eigenvalue weighted by atomic mass is 16.6. The highest BCUT2D eigenvalue weighted by Crippen LogP contribution is 2.25. The van der Waals surface area contributed by atoms with Gasteiger partial charge >= 0.3 is 11.7 Å². The number of carbonyl (C=O) groups excluding carboxylic acids is 1. The second kappa shape index (κ2) is 10.00. The molecule has 0 aliphatic carbocycles. The van der Waals surface area contributed by atoms with E-state index in [2.05, 4.69) is 15.3 Å². The summed E-state index contributed by atoms with van der Waals surface area (Å²) in [5, 5.41) is 14.5. The van der Waals surface area contributed by atoms with E-state index in [9.17, 15) is 14.9 Å². The number of carbonyl (C=O) groups is 1. The summed E-state index contributed by atoms with van der Waals surface area (Å²) in [5.41, 5.74) is -0.105. The number of nitro groups is 1. The Hall–Kier alpha value is -3.23. The van der Waals surface area contributed by atoms with Gasteiger partial charge in [0, 0.05) is 19.5 Å². The van der Waals surface area contributed by atoms with Crippen molar-refractivity contribution >= 4 is 23.4 Å². The molecule has 2 aromatic rings. The quantitative estimate of drug-likeness (QED) is 0.376. The number of esters is 1. The van der Waals surface area contributed by atoms with Crippen LogP contribution < -0.4 is 10.2 Å². The smallest absolute Gasteiger partial charge is 0.329 e. The highest BCUT2D eigenvalue weighted by Gasteiger charge is 2.29. The number of aromatic nitrogens is 2. The van der Waals surface area contributed by atoms with Crippen molar-refractivity contribution in [3.63, 3.8) is 0 Å². The largest absolute Gasteiger partial charge is 0.458 e. The van der Waals surface area contributed by atoms with Crippen molar-refractivity contribution in [1.29, 1.82) is 0 Å². The van der Waals surface area contributed by atoms with Gasteiger partial charge in [-0.25, -0.2) is 9.78 Å². The van der Waals surface area contributed by atoms with Gasteiger partial charge in [-0.15, -0.1) is 0 Å². The lowest BCUT2D eigenvalue weighted by molar-refractivity contribution is -0.384. The van der Waals surface area contributed by atoms with Gasteiger partial charge in [-0.05, 0) is 40.2 Å². The molecule has 1 N–H and O–H groups in total. The average Bonchev–Trinajstić information content (AvgIpc) is 2.68. The molecule has 9 nitrogen and oxygen atoms in total. The number of anilines is 2. The molecule has 0 aliphatic rings. The van der Waals surface area contributed by atoms with Gasteiger partial charge in [0.2, 0.25) is 11.8 Å². The Kier molecular flexibility index (Phi) is 7.68. The molecule has 0 radical (unpaired) electrons. The normalized spacial score (nSPS) is 12.2. The minimum Gasteiger partial charge on any atom is -0.458 e. The van der Waals surface area contributed by atoms with Crippen LogP contribution in [0.5, 0.6) is 0 Å². The molecule has 0 aliphatic heterocycles. The zero-order valence-electron chi connectivity index (χ0n) is 18.1. The molecule has 9 heteroatoms. The van der Waals surface area contributed by atoms with Crippen LogP contribution in [0.4, 0.5) is 17.5 Å². The van der Waals surface area contributed by atoms with Crippen LogP contribution in [0.1, 0.15) is 40.2 Å². The van der Waals surface area contributed by atoms with Crippen molar-refractivity contribution < 1.29 is 14.5 Å². The molecule has 0 amide bonds. The molecule has 162 valence electrons. The van der Waals surface area contributed by atoms with Crippen LogP contribution in [0.3, 0.4) is 0 Å². The summed E-state index contributed by atoms with van der Waals surface area (Å²) in [6.07, 6.45) is 1.45. The first kappa shape index (κ1) is 23.1. The molecule has 0 unspecified atom stereocenters. The van der Waals surface area contributed by atoms with Crippen molar-refractivity contribution in [1.82, 2.24) is 9.97 Å². The maximum atomic E-state index is 12.9. The van der Waals surface area contributed by atoms with Crippen LogP contribution in [0.15, 0.2) is 36.5 Å². The molecule has 0 saturated carbocycles. The highest BCUT2D eigenvalue weighted by molar-refractivity contribution is 5.80. The second-order valence-electron chi connectivity index (χ2n) is 7.75. The standard InChI is InChI=1S/C21H29N5O4/c1-6-25(7-2)20-22-14-17(26(28)29)18(24-20)23-16(19(27)30-21(3,4)5)13-15-11-9-8-10-12-15/h8-12,14,16H,6-7,13H2,1-5H3,(H,22,23,24)/t16-/m0/s1. The van der Waals surface area contributed by atoms with E-state index in [0.717, 1.165) is 11.8 Å². The molecular weight excluding hydrogens is 386 g/mol. The summed E-state index contributed by atoms with van der Waals surface area (Å²) in [6.45, 7) is 10.5. The Morgan fingerprint density at radius 1 is 1.23 bits per heavy atom. The fourth-order valence-electron chi connectivity index (χ4n) is 2.85. The summed E-state index contributed by atoms with van der Waals surface area (Å²) >= 11 is 0. The molecule has 1 heterocycles. The van der Waals surface area contributed by atoms with Gasteiger partial charge in [0.15, 0.2) is 0 Å². The van der Waals surface area contributed by atoms with Gasteiger partial charge in [-0.2, -0.15) is 4.98 Å². The van der Waals surface area contributed by atoms with Gasteiger partial charge in [-0.3, -0.25) is 10.1 Å². The summed E-state index contributed by atoms with van der Waals surface area (Å²) in [7, 11) is 0. The van der Waals surface area contributed by atoms with E-state index >= 15 is 0 Å². The number of ether oxygens (including phenoxy) is 1. The Balaban J connectivity index is 2.42. The number of hydrogen-bond acceptors (Lipinski definition) is 8. The van der Waals surface area contributed by atoms with Gasteiger partial charge in [0.1, 0.15) is 17.8 Å². The lowest BCUT2D eigenvalue weighted by atomic mass is 10.1. The molecule has 0 saturated heterocycles. The molecule has 1 aromatic carbocycles. The summed E-state index contributed by atoms with van der Waals surface area (Å²) in [6, 6.07) is 8.53. The van der Waals surface area contributed by atoms with E-state index < -0.39 is 22.5 Å². The monoisotopic (exact) mass is 415 g/mol. The third-order valence-electron chi connectivity index (χ3n) is 4.28. The maximum Gasteiger partial charge on any atom is 0.329 e. The number of nitrogens with one attached hydrogen (secondary N) is 1. The van der Waals surface area contributed by atoms with Crippen LogP contribution in [-0.4, -0.2) is 45.6 Å². The van der Waals surface area contributed by atoms with Crippen molar-refractivity contribution in [2.45, 2.75) is 52.7 Å². The molecule has 1 aromatic heterocycles.